The summed E-state index contributed by atoms with van der Waals surface area (Å²) in [5.41, 5.74) is 2.32. The van der Waals surface area contributed by atoms with E-state index in [1.807, 2.05) is 26.0 Å². The second-order valence-corrected chi connectivity index (χ2v) is 3.98. The van der Waals surface area contributed by atoms with E-state index in [1.165, 1.54) is 0 Å². The topological polar surface area (TPSA) is 54.4 Å². The number of carbonyl (C=O) groups is 2. The predicted octanol–water partition coefficient (Wildman–Crippen LogP) is 2.60. The lowest BCUT2D eigenvalue weighted by atomic mass is 9.92. The van der Waals surface area contributed by atoms with Crippen LogP contribution in [0.4, 0.5) is 0 Å². The molecule has 0 saturated heterocycles. The number of rotatable bonds is 4. The SMILES string of the molecule is CCC(C(=O)O)C(=O)c1cc(C)ccc1C. The van der Waals surface area contributed by atoms with E-state index in [0.717, 1.165) is 11.1 Å². The monoisotopic (exact) mass is 220 g/mol. The molecule has 0 aliphatic heterocycles. The minimum Gasteiger partial charge on any atom is -0.481 e. The normalized spacial score (nSPS) is 12.2. The van der Waals surface area contributed by atoms with Crippen LogP contribution < -0.4 is 0 Å². The summed E-state index contributed by atoms with van der Waals surface area (Å²) >= 11 is 0. The van der Waals surface area contributed by atoms with Gasteiger partial charge in [-0.2, -0.15) is 0 Å². The number of hydrogen-bond donors (Lipinski definition) is 1. The van der Waals surface area contributed by atoms with E-state index in [2.05, 4.69) is 0 Å². The van der Waals surface area contributed by atoms with Gasteiger partial charge in [0, 0.05) is 5.56 Å². The zero-order valence-corrected chi connectivity index (χ0v) is 9.78. The van der Waals surface area contributed by atoms with Crippen molar-refractivity contribution in [2.75, 3.05) is 0 Å². The predicted molar refractivity (Wildman–Crippen MR) is 61.7 cm³/mol. The second-order valence-electron chi connectivity index (χ2n) is 3.98. The molecule has 0 aliphatic carbocycles. The maximum atomic E-state index is 12.0. The fraction of sp³-hybridized carbons (Fsp3) is 0.385. The van der Waals surface area contributed by atoms with Crippen molar-refractivity contribution in [3.05, 3.63) is 34.9 Å². The lowest BCUT2D eigenvalue weighted by molar-refractivity contribution is -0.140. The van der Waals surface area contributed by atoms with Gasteiger partial charge in [-0.05, 0) is 31.9 Å². The molecule has 86 valence electrons. The molecular formula is C13H16O3. The highest BCUT2D eigenvalue weighted by molar-refractivity contribution is 6.08. The molecular weight excluding hydrogens is 204 g/mol. The summed E-state index contributed by atoms with van der Waals surface area (Å²) in [6.07, 6.45) is 0.321. The fourth-order valence-corrected chi connectivity index (χ4v) is 1.66. The minimum atomic E-state index is -1.05. The molecule has 0 amide bonds. The number of carboxylic acid groups (broad SMARTS) is 1. The van der Waals surface area contributed by atoms with Crippen molar-refractivity contribution in [1.29, 1.82) is 0 Å². The van der Waals surface area contributed by atoms with Crippen LogP contribution in [0.5, 0.6) is 0 Å². The third kappa shape index (κ3) is 2.48. The number of hydrogen-bond acceptors (Lipinski definition) is 2. The van der Waals surface area contributed by atoms with E-state index in [-0.39, 0.29) is 5.78 Å². The van der Waals surface area contributed by atoms with Crippen LogP contribution in [0.15, 0.2) is 18.2 Å². The van der Waals surface area contributed by atoms with Gasteiger partial charge in [0.1, 0.15) is 5.92 Å². The van der Waals surface area contributed by atoms with Gasteiger partial charge >= 0.3 is 5.97 Å². The second kappa shape index (κ2) is 4.92. The van der Waals surface area contributed by atoms with Crippen molar-refractivity contribution in [1.82, 2.24) is 0 Å². The molecule has 1 atom stereocenters. The highest BCUT2D eigenvalue weighted by Crippen LogP contribution is 2.17. The van der Waals surface area contributed by atoms with Crippen molar-refractivity contribution >= 4 is 11.8 Å². The Hall–Kier alpha value is -1.64. The first-order valence-corrected chi connectivity index (χ1v) is 5.31. The van der Waals surface area contributed by atoms with Crippen molar-refractivity contribution in [2.45, 2.75) is 27.2 Å². The molecule has 1 rings (SSSR count). The molecule has 1 unspecified atom stereocenters. The molecule has 3 heteroatoms. The zero-order chi connectivity index (χ0) is 12.3. The smallest absolute Gasteiger partial charge is 0.314 e. The Labute approximate surface area is 95.1 Å². The van der Waals surface area contributed by atoms with Gasteiger partial charge in [0.05, 0.1) is 0 Å². The van der Waals surface area contributed by atoms with E-state index >= 15 is 0 Å². The molecule has 0 aliphatic rings. The number of Topliss-reactive ketones (excluding diaryl/α,β-unsaturated/α-hetero) is 1. The lowest BCUT2D eigenvalue weighted by Crippen LogP contribution is -2.23. The summed E-state index contributed by atoms with van der Waals surface area (Å²) in [6.45, 7) is 5.42. The molecule has 3 nitrogen and oxygen atoms in total. The zero-order valence-electron chi connectivity index (χ0n) is 9.78. The molecule has 0 bridgehead atoms. The van der Waals surface area contributed by atoms with Gasteiger partial charge in [0.25, 0.3) is 0 Å². The third-order valence-corrected chi connectivity index (χ3v) is 2.68. The highest BCUT2D eigenvalue weighted by Gasteiger charge is 2.26. The van der Waals surface area contributed by atoms with Crippen LogP contribution >= 0.6 is 0 Å². The highest BCUT2D eigenvalue weighted by atomic mass is 16.4. The number of benzene rings is 1. The van der Waals surface area contributed by atoms with Crippen molar-refractivity contribution in [3.8, 4) is 0 Å². The summed E-state index contributed by atoms with van der Waals surface area (Å²) in [5.74, 6) is -2.27. The minimum absolute atomic E-state index is 0.295. The molecule has 1 aromatic carbocycles. The molecule has 0 spiro atoms. The van der Waals surface area contributed by atoms with Crippen molar-refractivity contribution in [2.24, 2.45) is 5.92 Å². The summed E-state index contributed by atoms with van der Waals surface area (Å²) in [4.78, 5) is 22.9. The Morgan fingerprint density at radius 2 is 1.94 bits per heavy atom. The molecule has 0 fully saturated rings. The fourth-order valence-electron chi connectivity index (χ4n) is 1.66. The number of aryl methyl sites for hydroxylation is 2. The largest absolute Gasteiger partial charge is 0.481 e. The van der Waals surface area contributed by atoms with E-state index in [1.54, 1.807) is 13.0 Å². The van der Waals surface area contributed by atoms with Gasteiger partial charge < -0.3 is 5.11 Å². The van der Waals surface area contributed by atoms with Gasteiger partial charge in [-0.3, -0.25) is 9.59 Å². The number of ketones is 1. The van der Waals surface area contributed by atoms with Crippen LogP contribution in [0.3, 0.4) is 0 Å². The van der Waals surface area contributed by atoms with Crippen LogP contribution in [0.1, 0.15) is 34.8 Å². The molecule has 0 radical (unpaired) electrons. The molecule has 0 aromatic heterocycles. The van der Waals surface area contributed by atoms with Gasteiger partial charge in [-0.1, -0.05) is 24.6 Å². The maximum absolute atomic E-state index is 12.0. The van der Waals surface area contributed by atoms with Crippen molar-refractivity contribution < 1.29 is 14.7 Å². The Balaban J connectivity index is 3.12. The molecule has 0 saturated carbocycles. The van der Waals surface area contributed by atoms with E-state index in [9.17, 15) is 9.59 Å². The summed E-state index contributed by atoms with van der Waals surface area (Å²) in [7, 11) is 0. The lowest BCUT2D eigenvalue weighted by Gasteiger charge is -2.11. The Morgan fingerprint density at radius 3 is 2.44 bits per heavy atom. The summed E-state index contributed by atoms with van der Waals surface area (Å²) in [6, 6.07) is 5.51. The van der Waals surface area contributed by atoms with Crippen LogP contribution in [0, 0.1) is 19.8 Å². The van der Waals surface area contributed by atoms with Gasteiger partial charge in [-0.25, -0.2) is 0 Å². The van der Waals surface area contributed by atoms with Crippen LogP contribution in [-0.2, 0) is 4.79 Å². The summed E-state index contributed by atoms with van der Waals surface area (Å²) < 4.78 is 0. The average molecular weight is 220 g/mol. The standard InChI is InChI=1S/C13H16O3/c1-4-10(13(15)16)12(14)11-7-8(2)5-6-9(11)3/h5-7,10H,4H2,1-3H3,(H,15,16). The number of carbonyl (C=O) groups excluding carboxylic acids is 1. The molecule has 16 heavy (non-hydrogen) atoms. The maximum Gasteiger partial charge on any atom is 0.314 e. The quantitative estimate of drug-likeness (QED) is 0.626. The van der Waals surface area contributed by atoms with Gasteiger partial charge in [0.2, 0.25) is 0 Å². The van der Waals surface area contributed by atoms with E-state index < -0.39 is 11.9 Å². The Bertz CT molecular complexity index is 421. The molecule has 1 N–H and O–H groups in total. The van der Waals surface area contributed by atoms with Crippen molar-refractivity contribution in [3.63, 3.8) is 0 Å². The summed E-state index contributed by atoms with van der Waals surface area (Å²) in [5, 5.41) is 8.94. The molecule has 1 aromatic rings. The Kier molecular flexibility index (Phi) is 3.82. The van der Waals surface area contributed by atoms with E-state index in [0.29, 0.717) is 12.0 Å². The van der Waals surface area contributed by atoms with Crippen LogP contribution in [0.25, 0.3) is 0 Å². The first kappa shape index (κ1) is 12.4. The molecule has 0 heterocycles. The number of aliphatic carboxylic acids is 1. The van der Waals surface area contributed by atoms with Gasteiger partial charge in [-0.15, -0.1) is 0 Å². The number of carboxylic acids is 1. The van der Waals surface area contributed by atoms with E-state index in [4.69, 9.17) is 5.11 Å². The van der Waals surface area contributed by atoms with Gasteiger partial charge in [0.15, 0.2) is 5.78 Å². The first-order valence-electron chi connectivity index (χ1n) is 5.31. The van der Waals surface area contributed by atoms with Crippen LogP contribution in [0.2, 0.25) is 0 Å². The average Bonchev–Trinajstić information content (AvgIpc) is 2.22. The van der Waals surface area contributed by atoms with Crippen LogP contribution in [-0.4, -0.2) is 16.9 Å². The first-order chi connectivity index (χ1) is 7.47. The third-order valence-electron chi connectivity index (χ3n) is 2.68. The Morgan fingerprint density at radius 1 is 1.31 bits per heavy atom.